The molecule has 2 heterocycles. The van der Waals surface area contributed by atoms with Crippen molar-refractivity contribution in [1.29, 1.82) is 0 Å². The molecule has 3 N–H and O–H groups in total. The number of nitrogens with zero attached hydrogens (tertiary/aromatic N) is 2. The Hall–Kier alpha value is -3.92. The van der Waals surface area contributed by atoms with E-state index in [1.54, 1.807) is 32.0 Å². The van der Waals surface area contributed by atoms with Crippen LogP contribution in [0, 0.1) is 13.8 Å². The first-order chi connectivity index (χ1) is 14.8. The Morgan fingerprint density at radius 2 is 1.73 bits per heavy atom. The summed E-state index contributed by atoms with van der Waals surface area (Å²) in [5.41, 5.74) is 1.91. The van der Waals surface area contributed by atoms with Gasteiger partial charge in [-0.2, -0.15) is 0 Å². The molecule has 0 unspecified atom stereocenters. The third-order valence-corrected chi connectivity index (χ3v) is 6.15. The van der Waals surface area contributed by atoms with Gasteiger partial charge in [0.2, 0.25) is 5.88 Å². The van der Waals surface area contributed by atoms with E-state index in [0.29, 0.717) is 27.8 Å². The number of fused-ring (bicyclic) bond motifs is 1. The van der Waals surface area contributed by atoms with Gasteiger partial charge < -0.3 is 14.9 Å². The van der Waals surface area contributed by atoms with Crippen molar-refractivity contribution < 1.29 is 22.8 Å². The Bertz CT molecular complexity index is 1400. The summed E-state index contributed by atoms with van der Waals surface area (Å²) in [6.07, 6.45) is 1.53. The summed E-state index contributed by atoms with van der Waals surface area (Å²) >= 11 is 0. The molecule has 4 rings (SSSR count). The van der Waals surface area contributed by atoms with Gasteiger partial charge in [0.05, 0.1) is 16.2 Å². The number of phenolic OH excluding ortho intramolecular Hbond substituents is 1. The fourth-order valence-corrected chi connectivity index (χ4v) is 3.97. The summed E-state index contributed by atoms with van der Waals surface area (Å²) < 4.78 is 32.5. The number of hydrogen-bond donors (Lipinski definition) is 3. The zero-order chi connectivity index (χ0) is 22.2. The summed E-state index contributed by atoms with van der Waals surface area (Å²) in [6.45, 7) is 3.40. The maximum Gasteiger partial charge on any atom is 0.264 e. The summed E-state index contributed by atoms with van der Waals surface area (Å²) in [4.78, 5) is 16.7. The third-order valence-electron chi connectivity index (χ3n) is 4.80. The van der Waals surface area contributed by atoms with E-state index in [0.717, 1.165) is 0 Å². The zero-order valence-electron chi connectivity index (χ0n) is 16.6. The van der Waals surface area contributed by atoms with Gasteiger partial charge in [-0.1, -0.05) is 32.1 Å². The zero-order valence-corrected chi connectivity index (χ0v) is 17.4. The monoisotopic (exact) mass is 470 g/mol. The number of pyridine rings is 1. The number of rotatable bonds is 5. The Kier molecular flexibility index (Phi) is 7.45. The van der Waals surface area contributed by atoms with Gasteiger partial charge >= 0.3 is 0 Å². The third kappa shape index (κ3) is 4.96. The second kappa shape index (κ2) is 9.70. The molecular formula is C23H26N4O5S. The molecule has 1 amide bonds. The van der Waals surface area contributed by atoms with Gasteiger partial charge in [0.15, 0.2) is 5.75 Å². The van der Waals surface area contributed by atoms with Gasteiger partial charge in [-0.05, 0) is 50.2 Å². The largest absolute Gasteiger partial charge is 0.505 e. The van der Waals surface area contributed by atoms with Gasteiger partial charge in [0.1, 0.15) is 5.52 Å². The lowest BCUT2D eigenvalue weighted by atomic mass is 10.1. The Morgan fingerprint density at radius 3 is 2.36 bits per heavy atom. The molecule has 0 aliphatic heterocycles. The van der Waals surface area contributed by atoms with Crippen molar-refractivity contribution in [1.82, 2.24) is 10.1 Å². The van der Waals surface area contributed by atoms with Crippen LogP contribution in [0.2, 0.25) is 0 Å². The number of sulfonamides is 1. The molecule has 0 aliphatic carbocycles. The standard InChI is InChI=1S/C21H18N4O5S.2CH4/c1-12-13(2)24-30-21(12)25-31(28,29)16-8-6-15(7-9-16)23-20(27)17-10-5-14-4-3-11-22-18(14)19(17)26;;/h3-11,25-26H,1-2H3,(H,23,27);2*1H4. The molecule has 0 spiro atoms. The van der Waals surface area contributed by atoms with Crippen molar-refractivity contribution in [3.63, 3.8) is 0 Å². The summed E-state index contributed by atoms with van der Waals surface area (Å²) in [5.74, 6) is -0.724. The molecule has 4 aromatic rings. The minimum Gasteiger partial charge on any atom is -0.505 e. The number of aromatic nitrogens is 2. The quantitative estimate of drug-likeness (QED) is 0.379. The minimum atomic E-state index is -3.90. The first-order valence-corrected chi connectivity index (χ1v) is 10.7. The SMILES string of the molecule is C.C.Cc1noc(NS(=O)(=O)c2ccc(NC(=O)c3ccc4cccnc4c3O)cc2)c1C. The number of benzene rings is 2. The maximum atomic E-state index is 12.6. The van der Waals surface area contributed by atoms with Gasteiger partial charge in [0.25, 0.3) is 15.9 Å². The molecule has 33 heavy (non-hydrogen) atoms. The van der Waals surface area contributed by atoms with Gasteiger partial charge in [-0.15, -0.1) is 0 Å². The average Bonchev–Trinajstić information content (AvgIpc) is 3.06. The highest BCUT2D eigenvalue weighted by Gasteiger charge is 2.20. The van der Waals surface area contributed by atoms with Crippen LogP contribution in [-0.4, -0.2) is 29.6 Å². The fraction of sp³-hybridized carbons (Fsp3) is 0.174. The molecule has 0 saturated carbocycles. The number of carbonyl (C=O) groups excluding carboxylic acids is 1. The Morgan fingerprint density at radius 1 is 1.03 bits per heavy atom. The molecule has 2 aromatic heterocycles. The van der Waals surface area contributed by atoms with Crippen molar-refractivity contribution in [3.8, 4) is 5.75 Å². The fourth-order valence-electron chi connectivity index (χ4n) is 2.92. The smallest absolute Gasteiger partial charge is 0.264 e. The van der Waals surface area contributed by atoms with Crippen LogP contribution in [0.25, 0.3) is 10.9 Å². The predicted molar refractivity (Wildman–Crippen MR) is 128 cm³/mol. The second-order valence-electron chi connectivity index (χ2n) is 6.84. The predicted octanol–water partition coefficient (Wildman–Crippen LogP) is 4.87. The van der Waals surface area contributed by atoms with Gasteiger partial charge in [-0.25, -0.2) is 13.1 Å². The molecule has 0 bridgehead atoms. The lowest BCUT2D eigenvalue weighted by molar-refractivity contribution is 0.102. The lowest BCUT2D eigenvalue weighted by Crippen LogP contribution is -2.14. The van der Waals surface area contributed by atoms with Crippen molar-refractivity contribution in [2.24, 2.45) is 0 Å². The van der Waals surface area contributed by atoms with Crippen LogP contribution in [0.5, 0.6) is 5.75 Å². The Labute approximate surface area is 192 Å². The molecule has 0 fully saturated rings. The van der Waals surface area contributed by atoms with Crippen LogP contribution in [0.15, 0.2) is 64.1 Å². The molecule has 9 nitrogen and oxygen atoms in total. The average molecular weight is 471 g/mol. The van der Waals surface area contributed by atoms with E-state index in [2.05, 4.69) is 20.2 Å². The van der Waals surface area contributed by atoms with Crippen molar-refractivity contribution >= 4 is 38.4 Å². The number of amides is 1. The van der Waals surface area contributed by atoms with Crippen molar-refractivity contribution in [3.05, 3.63) is 71.5 Å². The van der Waals surface area contributed by atoms with Crippen molar-refractivity contribution in [2.45, 2.75) is 33.6 Å². The number of nitrogens with one attached hydrogen (secondary N) is 2. The number of hydrogen-bond acceptors (Lipinski definition) is 7. The summed E-state index contributed by atoms with van der Waals surface area (Å²) in [5, 5.41) is 17.4. The van der Waals surface area contributed by atoms with Crippen LogP contribution in [-0.2, 0) is 10.0 Å². The number of anilines is 2. The molecule has 10 heteroatoms. The van der Waals surface area contributed by atoms with Crippen LogP contribution in [0.3, 0.4) is 0 Å². The van der Waals surface area contributed by atoms with Crippen LogP contribution in [0.1, 0.15) is 36.5 Å². The number of aromatic hydroxyl groups is 1. The molecule has 174 valence electrons. The van der Waals surface area contributed by atoms with E-state index in [4.69, 9.17) is 4.52 Å². The van der Waals surface area contributed by atoms with Crippen molar-refractivity contribution in [2.75, 3.05) is 10.0 Å². The summed E-state index contributed by atoms with van der Waals surface area (Å²) in [7, 11) is -3.90. The molecule has 0 radical (unpaired) electrons. The molecule has 0 saturated heterocycles. The van der Waals surface area contributed by atoms with E-state index in [1.165, 1.54) is 36.5 Å². The van der Waals surface area contributed by atoms with E-state index >= 15 is 0 Å². The summed E-state index contributed by atoms with van der Waals surface area (Å²) in [6, 6.07) is 12.3. The van der Waals surface area contributed by atoms with E-state index < -0.39 is 15.9 Å². The topological polar surface area (TPSA) is 134 Å². The second-order valence-corrected chi connectivity index (χ2v) is 8.53. The molecular weight excluding hydrogens is 444 g/mol. The van der Waals surface area contributed by atoms with E-state index in [9.17, 15) is 18.3 Å². The van der Waals surface area contributed by atoms with Gasteiger partial charge in [-0.3, -0.25) is 9.78 Å². The molecule has 0 aliphatic rings. The first-order valence-electron chi connectivity index (χ1n) is 9.20. The Balaban J connectivity index is 0.00000193. The maximum absolute atomic E-state index is 12.6. The number of aryl methyl sites for hydroxylation is 1. The van der Waals surface area contributed by atoms with Gasteiger partial charge in [0, 0.05) is 22.8 Å². The normalized spacial score (nSPS) is 10.7. The highest BCUT2D eigenvalue weighted by atomic mass is 32.2. The number of carbonyl (C=O) groups is 1. The number of phenols is 1. The van der Waals surface area contributed by atoms with Crippen LogP contribution < -0.4 is 10.0 Å². The highest BCUT2D eigenvalue weighted by Crippen LogP contribution is 2.28. The van der Waals surface area contributed by atoms with Crippen LogP contribution in [0.4, 0.5) is 11.6 Å². The lowest BCUT2D eigenvalue weighted by Gasteiger charge is -2.10. The van der Waals surface area contributed by atoms with E-state index in [1.807, 2.05) is 0 Å². The molecule has 2 aromatic carbocycles. The van der Waals surface area contributed by atoms with E-state index in [-0.39, 0.29) is 36.9 Å². The minimum absolute atomic E-state index is 0. The van der Waals surface area contributed by atoms with Crippen LogP contribution >= 0.6 is 0 Å². The molecule has 0 atom stereocenters. The first kappa shape index (κ1) is 25.3. The highest BCUT2D eigenvalue weighted by molar-refractivity contribution is 7.92.